The van der Waals surface area contributed by atoms with Gasteiger partial charge in [-0.1, -0.05) is 23.4 Å². The molecule has 1 heterocycles. The van der Waals surface area contributed by atoms with Crippen LogP contribution in [0.2, 0.25) is 0 Å². The van der Waals surface area contributed by atoms with Crippen molar-refractivity contribution in [2.45, 2.75) is 25.3 Å². The molecule has 1 aliphatic carbocycles. The first kappa shape index (κ1) is 14.2. The summed E-state index contributed by atoms with van der Waals surface area (Å²) in [4.78, 5) is 23.1. The van der Waals surface area contributed by atoms with Crippen LogP contribution in [0.15, 0.2) is 36.5 Å². The van der Waals surface area contributed by atoms with Crippen molar-refractivity contribution in [3.05, 3.63) is 42.2 Å². The molecule has 0 spiro atoms. The zero-order valence-corrected chi connectivity index (χ0v) is 11.8. The van der Waals surface area contributed by atoms with Crippen LogP contribution in [0.4, 0.5) is 0 Å². The maximum atomic E-state index is 12.1. The van der Waals surface area contributed by atoms with Gasteiger partial charge in [-0.05, 0) is 31.4 Å². The van der Waals surface area contributed by atoms with E-state index in [1.807, 2.05) is 30.3 Å². The second-order valence-electron chi connectivity index (χ2n) is 5.40. The quantitative estimate of drug-likeness (QED) is 0.885. The Morgan fingerprint density at radius 1 is 1.23 bits per heavy atom. The fourth-order valence-corrected chi connectivity index (χ4v) is 2.67. The molecule has 0 aliphatic heterocycles. The molecule has 1 aromatic carbocycles. The van der Waals surface area contributed by atoms with Gasteiger partial charge < -0.3 is 10.4 Å². The molecule has 3 rings (SSSR count). The number of amides is 1. The summed E-state index contributed by atoms with van der Waals surface area (Å²) in [6, 6.07) is 9.26. The van der Waals surface area contributed by atoms with Crippen LogP contribution in [0, 0.1) is 5.92 Å². The molecule has 2 N–H and O–H groups in total. The van der Waals surface area contributed by atoms with Gasteiger partial charge in [0.2, 0.25) is 0 Å². The number of carbonyl (C=O) groups excluding carboxylic acids is 1. The summed E-state index contributed by atoms with van der Waals surface area (Å²) in [7, 11) is 0. The molecular weight excluding hydrogens is 284 g/mol. The molecule has 1 amide bonds. The Balaban J connectivity index is 1.64. The maximum Gasteiger partial charge on any atom is 0.306 e. The molecule has 7 nitrogen and oxygen atoms in total. The molecule has 22 heavy (non-hydrogen) atoms. The summed E-state index contributed by atoms with van der Waals surface area (Å²) in [6.45, 7) is 0. The highest BCUT2D eigenvalue weighted by Crippen LogP contribution is 2.25. The first-order valence-corrected chi connectivity index (χ1v) is 7.15. The molecule has 1 aliphatic rings. The van der Waals surface area contributed by atoms with E-state index in [0.717, 1.165) is 5.69 Å². The van der Waals surface area contributed by atoms with E-state index in [1.165, 1.54) is 4.68 Å². The molecule has 0 unspecified atom stereocenters. The highest BCUT2D eigenvalue weighted by molar-refractivity contribution is 5.92. The Kier molecular flexibility index (Phi) is 3.86. The predicted molar refractivity (Wildman–Crippen MR) is 77.6 cm³/mol. The number of carbonyl (C=O) groups is 2. The average Bonchev–Trinajstić information content (AvgIpc) is 3.17. The van der Waals surface area contributed by atoms with Crippen molar-refractivity contribution in [1.29, 1.82) is 0 Å². The normalized spacial score (nSPS) is 20.7. The summed E-state index contributed by atoms with van der Waals surface area (Å²) in [6.07, 6.45) is 3.30. The molecule has 2 atom stereocenters. The number of rotatable bonds is 4. The van der Waals surface area contributed by atoms with Gasteiger partial charge >= 0.3 is 5.97 Å². The molecular formula is C15H16N4O3. The van der Waals surface area contributed by atoms with E-state index in [2.05, 4.69) is 15.6 Å². The molecule has 1 aromatic heterocycles. The number of hydrogen-bond donors (Lipinski definition) is 2. The third-order valence-electron chi connectivity index (χ3n) is 3.86. The molecule has 114 valence electrons. The van der Waals surface area contributed by atoms with Crippen molar-refractivity contribution >= 4 is 11.9 Å². The topological polar surface area (TPSA) is 97.1 Å². The van der Waals surface area contributed by atoms with Gasteiger partial charge in [0.15, 0.2) is 5.69 Å². The third kappa shape index (κ3) is 2.98. The Bertz CT molecular complexity index is 683. The molecule has 7 heteroatoms. The first-order chi connectivity index (χ1) is 10.6. The minimum atomic E-state index is -0.799. The number of carboxylic acid groups (broad SMARTS) is 1. The highest BCUT2D eigenvalue weighted by Gasteiger charge is 2.31. The number of benzene rings is 1. The van der Waals surface area contributed by atoms with Crippen LogP contribution in [0.1, 0.15) is 29.8 Å². The van der Waals surface area contributed by atoms with Gasteiger partial charge in [-0.2, -0.15) is 0 Å². The van der Waals surface area contributed by atoms with Crippen LogP contribution in [0.3, 0.4) is 0 Å². The number of para-hydroxylation sites is 1. The minimum absolute atomic E-state index is 0.115. The van der Waals surface area contributed by atoms with Crippen LogP contribution in [0.5, 0.6) is 0 Å². The zero-order chi connectivity index (χ0) is 15.5. The van der Waals surface area contributed by atoms with Crippen molar-refractivity contribution in [3.8, 4) is 5.69 Å². The highest BCUT2D eigenvalue weighted by atomic mass is 16.4. The minimum Gasteiger partial charge on any atom is -0.481 e. The van der Waals surface area contributed by atoms with Crippen LogP contribution in [-0.4, -0.2) is 38.0 Å². The smallest absolute Gasteiger partial charge is 0.306 e. The van der Waals surface area contributed by atoms with E-state index >= 15 is 0 Å². The standard InChI is InChI=1S/C15H16N4O3/c20-14(16-11-7-6-10(8-11)15(21)22)13-9-19(18-17-13)12-4-2-1-3-5-12/h1-5,9-11H,6-8H2,(H,16,20)(H,21,22)/t10-,11+/m0/s1. The zero-order valence-electron chi connectivity index (χ0n) is 11.8. The van der Waals surface area contributed by atoms with Crippen LogP contribution < -0.4 is 5.32 Å². The summed E-state index contributed by atoms with van der Waals surface area (Å²) in [5.74, 6) is -1.49. The number of nitrogens with zero attached hydrogens (tertiary/aromatic N) is 3. The van der Waals surface area contributed by atoms with Gasteiger partial charge in [-0.3, -0.25) is 9.59 Å². The van der Waals surface area contributed by atoms with Gasteiger partial charge in [0.05, 0.1) is 17.8 Å². The lowest BCUT2D eigenvalue weighted by atomic mass is 10.1. The van der Waals surface area contributed by atoms with Gasteiger partial charge in [-0.25, -0.2) is 4.68 Å². The van der Waals surface area contributed by atoms with E-state index in [4.69, 9.17) is 5.11 Å². The molecule has 1 fully saturated rings. The predicted octanol–water partition coefficient (Wildman–Crippen LogP) is 1.25. The third-order valence-corrected chi connectivity index (χ3v) is 3.86. The second kappa shape index (κ2) is 5.97. The van der Waals surface area contributed by atoms with E-state index in [-0.39, 0.29) is 23.6 Å². The Morgan fingerprint density at radius 3 is 2.68 bits per heavy atom. The average molecular weight is 300 g/mol. The summed E-state index contributed by atoms with van der Waals surface area (Å²) < 4.78 is 1.53. The fourth-order valence-electron chi connectivity index (χ4n) is 2.67. The van der Waals surface area contributed by atoms with Crippen molar-refractivity contribution in [1.82, 2.24) is 20.3 Å². The van der Waals surface area contributed by atoms with E-state index in [1.54, 1.807) is 6.20 Å². The monoisotopic (exact) mass is 300 g/mol. The van der Waals surface area contributed by atoms with Crippen molar-refractivity contribution in [3.63, 3.8) is 0 Å². The molecule has 0 bridgehead atoms. The lowest BCUT2D eigenvalue weighted by Crippen LogP contribution is -2.33. The van der Waals surface area contributed by atoms with Crippen molar-refractivity contribution < 1.29 is 14.7 Å². The van der Waals surface area contributed by atoms with Gasteiger partial charge in [0.1, 0.15) is 0 Å². The lowest BCUT2D eigenvalue weighted by Gasteiger charge is -2.10. The Labute approximate surface area is 126 Å². The van der Waals surface area contributed by atoms with Gasteiger partial charge in [0, 0.05) is 6.04 Å². The summed E-state index contributed by atoms with van der Waals surface area (Å²) in [5.41, 5.74) is 1.04. The van der Waals surface area contributed by atoms with E-state index in [9.17, 15) is 9.59 Å². The molecule has 2 aromatic rings. The number of nitrogens with one attached hydrogen (secondary N) is 1. The van der Waals surface area contributed by atoms with E-state index in [0.29, 0.717) is 19.3 Å². The van der Waals surface area contributed by atoms with Crippen LogP contribution in [0.25, 0.3) is 5.69 Å². The Morgan fingerprint density at radius 2 is 2.00 bits per heavy atom. The summed E-state index contributed by atoms with van der Waals surface area (Å²) >= 11 is 0. The maximum absolute atomic E-state index is 12.1. The lowest BCUT2D eigenvalue weighted by molar-refractivity contribution is -0.141. The number of aliphatic carboxylic acids is 1. The number of aromatic nitrogens is 3. The SMILES string of the molecule is O=C(N[C@@H]1CC[C@H](C(=O)O)C1)c1cn(-c2ccccc2)nn1. The number of hydrogen-bond acceptors (Lipinski definition) is 4. The van der Waals surface area contributed by atoms with Crippen LogP contribution in [-0.2, 0) is 4.79 Å². The molecule has 0 radical (unpaired) electrons. The molecule has 1 saturated carbocycles. The van der Waals surface area contributed by atoms with Crippen molar-refractivity contribution in [2.75, 3.05) is 0 Å². The second-order valence-corrected chi connectivity index (χ2v) is 5.40. The first-order valence-electron chi connectivity index (χ1n) is 7.15. The largest absolute Gasteiger partial charge is 0.481 e. The van der Waals surface area contributed by atoms with Gasteiger partial charge in [0.25, 0.3) is 5.91 Å². The summed E-state index contributed by atoms with van der Waals surface area (Å²) in [5, 5.41) is 19.6. The van der Waals surface area contributed by atoms with Crippen molar-refractivity contribution in [2.24, 2.45) is 5.92 Å². The van der Waals surface area contributed by atoms with Gasteiger partial charge in [-0.15, -0.1) is 5.10 Å². The fraction of sp³-hybridized carbons (Fsp3) is 0.333. The molecule has 0 saturated heterocycles. The Hall–Kier alpha value is -2.70. The van der Waals surface area contributed by atoms with Crippen LogP contribution >= 0.6 is 0 Å². The van der Waals surface area contributed by atoms with E-state index < -0.39 is 5.97 Å². The number of carboxylic acids is 1.